The van der Waals surface area contributed by atoms with Crippen LogP contribution in [0.1, 0.15) is 64.7 Å². The summed E-state index contributed by atoms with van der Waals surface area (Å²) in [5, 5.41) is 3.66. The van der Waals surface area contributed by atoms with Crippen LogP contribution in [0.2, 0.25) is 0 Å². The molecule has 2 nitrogen and oxygen atoms in total. The lowest BCUT2D eigenvalue weighted by Gasteiger charge is -2.26. The van der Waals surface area contributed by atoms with E-state index in [0.717, 1.165) is 23.2 Å². The Labute approximate surface area is 120 Å². The van der Waals surface area contributed by atoms with Gasteiger partial charge in [0.1, 0.15) is 5.76 Å². The second-order valence-corrected chi connectivity index (χ2v) is 5.76. The molecule has 1 unspecified atom stereocenters. The van der Waals surface area contributed by atoms with Gasteiger partial charge >= 0.3 is 0 Å². The van der Waals surface area contributed by atoms with Gasteiger partial charge in [0.25, 0.3) is 0 Å². The molecule has 1 atom stereocenters. The molecule has 0 saturated heterocycles. The molecule has 0 fully saturated rings. The molecule has 0 spiro atoms. The lowest BCUT2D eigenvalue weighted by molar-refractivity contribution is 0.276. The van der Waals surface area contributed by atoms with Crippen molar-refractivity contribution in [3.63, 3.8) is 0 Å². The lowest BCUT2D eigenvalue weighted by Crippen LogP contribution is -2.29. The van der Waals surface area contributed by atoms with Crippen LogP contribution in [0.3, 0.4) is 0 Å². The van der Waals surface area contributed by atoms with E-state index in [1.54, 1.807) is 6.26 Å². The number of halogens is 1. The summed E-state index contributed by atoms with van der Waals surface area (Å²) in [6.45, 7) is 7.77. The van der Waals surface area contributed by atoms with Crippen molar-refractivity contribution in [3.05, 3.63) is 22.6 Å². The van der Waals surface area contributed by atoms with Gasteiger partial charge in [-0.1, -0.05) is 33.6 Å². The molecule has 0 amide bonds. The molecule has 0 aliphatic heterocycles. The number of hydrogen-bond acceptors (Lipinski definition) is 2. The summed E-state index contributed by atoms with van der Waals surface area (Å²) in [4.78, 5) is 0. The zero-order valence-corrected chi connectivity index (χ0v) is 13.4. The van der Waals surface area contributed by atoms with Crippen LogP contribution in [0.25, 0.3) is 0 Å². The van der Waals surface area contributed by atoms with E-state index in [-0.39, 0.29) is 0 Å². The molecule has 0 aliphatic rings. The van der Waals surface area contributed by atoms with Crippen LogP contribution in [-0.4, -0.2) is 6.54 Å². The minimum Gasteiger partial charge on any atom is -0.466 e. The maximum absolute atomic E-state index is 5.69. The largest absolute Gasteiger partial charge is 0.466 e. The van der Waals surface area contributed by atoms with Crippen molar-refractivity contribution in [2.24, 2.45) is 5.92 Å². The molecule has 0 saturated carbocycles. The van der Waals surface area contributed by atoms with Crippen molar-refractivity contribution in [1.29, 1.82) is 0 Å². The molecule has 0 radical (unpaired) electrons. The number of nitrogens with one attached hydrogen (secondary N) is 1. The van der Waals surface area contributed by atoms with Crippen molar-refractivity contribution in [2.75, 3.05) is 6.54 Å². The molecule has 1 rings (SSSR count). The Morgan fingerprint density at radius 3 is 2.28 bits per heavy atom. The Balaban J connectivity index is 2.84. The Kier molecular flexibility index (Phi) is 7.68. The minimum atomic E-state index is 0.342. The predicted octanol–water partition coefficient (Wildman–Crippen LogP) is 5.30. The maximum atomic E-state index is 5.69. The molecule has 0 aliphatic carbocycles. The average molecular weight is 316 g/mol. The Bertz CT molecular complexity index is 318. The SMILES string of the molecule is CCCNC(c1occc1Br)C(CCC)CCC. The first kappa shape index (κ1) is 15.8. The van der Waals surface area contributed by atoms with E-state index in [4.69, 9.17) is 4.42 Å². The molecule has 3 heteroatoms. The fraction of sp³-hybridized carbons (Fsp3) is 0.733. The normalized spacial score (nSPS) is 13.2. The van der Waals surface area contributed by atoms with E-state index >= 15 is 0 Å². The van der Waals surface area contributed by atoms with Gasteiger partial charge < -0.3 is 9.73 Å². The molecular formula is C15H26BrNO. The predicted molar refractivity (Wildman–Crippen MR) is 80.7 cm³/mol. The molecule has 104 valence electrons. The fourth-order valence-corrected chi connectivity index (χ4v) is 2.97. The summed E-state index contributed by atoms with van der Waals surface area (Å²) < 4.78 is 6.78. The van der Waals surface area contributed by atoms with Crippen LogP contribution in [-0.2, 0) is 0 Å². The summed E-state index contributed by atoms with van der Waals surface area (Å²) >= 11 is 3.60. The summed E-state index contributed by atoms with van der Waals surface area (Å²) in [5.74, 6) is 1.73. The molecule has 1 heterocycles. The van der Waals surface area contributed by atoms with Crippen LogP contribution < -0.4 is 5.32 Å². The summed E-state index contributed by atoms with van der Waals surface area (Å²) in [6.07, 6.45) is 7.89. The van der Waals surface area contributed by atoms with Crippen molar-refractivity contribution in [3.8, 4) is 0 Å². The topological polar surface area (TPSA) is 25.2 Å². The van der Waals surface area contributed by atoms with Crippen LogP contribution in [0.15, 0.2) is 21.2 Å². The highest BCUT2D eigenvalue weighted by Gasteiger charge is 2.25. The number of rotatable bonds is 9. The first-order valence-electron chi connectivity index (χ1n) is 7.20. The van der Waals surface area contributed by atoms with Crippen molar-refractivity contribution >= 4 is 15.9 Å². The summed E-state index contributed by atoms with van der Waals surface area (Å²) in [7, 11) is 0. The third-order valence-corrected chi connectivity index (χ3v) is 3.99. The molecule has 0 aromatic carbocycles. The highest BCUT2D eigenvalue weighted by molar-refractivity contribution is 9.10. The van der Waals surface area contributed by atoms with Gasteiger partial charge in [-0.15, -0.1) is 0 Å². The van der Waals surface area contributed by atoms with Crippen molar-refractivity contribution < 1.29 is 4.42 Å². The van der Waals surface area contributed by atoms with Gasteiger partial charge in [0.05, 0.1) is 16.8 Å². The van der Waals surface area contributed by atoms with Gasteiger partial charge in [0.15, 0.2) is 0 Å². The molecule has 1 aromatic heterocycles. The first-order chi connectivity index (χ1) is 8.74. The van der Waals surface area contributed by atoms with Crippen molar-refractivity contribution in [1.82, 2.24) is 5.32 Å². The third kappa shape index (κ3) is 4.43. The van der Waals surface area contributed by atoms with Gasteiger partial charge in [-0.2, -0.15) is 0 Å². The van der Waals surface area contributed by atoms with E-state index in [1.165, 1.54) is 25.7 Å². The van der Waals surface area contributed by atoms with Crippen molar-refractivity contribution in [2.45, 2.75) is 58.9 Å². The molecule has 1 N–H and O–H groups in total. The third-order valence-electron chi connectivity index (χ3n) is 3.33. The number of furan rings is 1. The molecule has 1 aromatic rings. The zero-order valence-electron chi connectivity index (χ0n) is 11.8. The molecular weight excluding hydrogens is 290 g/mol. The average Bonchev–Trinajstić information content (AvgIpc) is 2.77. The number of hydrogen-bond donors (Lipinski definition) is 1. The van der Waals surface area contributed by atoms with Gasteiger partial charge in [-0.25, -0.2) is 0 Å². The van der Waals surface area contributed by atoms with Gasteiger partial charge in [0.2, 0.25) is 0 Å². The highest BCUT2D eigenvalue weighted by Crippen LogP contribution is 2.34. The summed E-state index contributed by atoms with van der Waals surface area (Å²) in [6, 6.07) is 2.33. The van der Waals surface area contributed by atoms with E-state index in [1.807, 2.05) is 6.07 Å². The van der Waals surface area contributed by atoms with E-state index < -0.39 is 0 Å². The monoisotopic (exact) mass is 315 g/mol. The zero-order chi connectivity index (χ0) is 13.4. The van der Waals surface area contributed by atoms with E-state index in [9.17, 15) is 0 Å². The van der Waals surface area contributed by atoms with Gasteiger partial charge in [-0.05, 0) is 53.7 Å². The maximum Gasteiger partial charge on any atom is 0.135 e. The molecule has 18 heavy (non-hydrogen) atoms. The lowest BCUT2D eigenvalue weighted by atomic mass is 9.89. The van der Waals surface area contributed by atoms with Gasteiger partial charge in [0, 0.05) is 0 Å². The first-order valence-corrected chi connectivity index (χ1v) is 8.00. The second-order valence-electron chi connectivity index (χ2n) is 4.90. The fourth-order valence-electron chi connectivity index (χ4n) is 2.52. The quantitative estimate of drug-likeness (QED) is 0.669. The van der Waals surface area contributed by atoms with Crippen LogP contribution in [0, 0.1) is 5.92 Å². The minimum absolute atomic E-state index is 0.342. The second kappa shape index (κ2) is 8.76. The van der Waals surface area contributed by atoms with Crippen LogP contribution in [0.4, 0.5) is 0 Å². The van der Waals surface area contributed by atoms with Crippen LogP contribution in [0.5, 0.6) is 0 Å². The highest BCUT2D eigenvalue weighted by atomic mass is 79.9. The van der Waals surface area contributed by atoms with Gasteiger partial charge in [-0.3, -0.25) is 0 Å². The Morgan fingerprint density at radius 2 is 1.83 bits per heavy atom. The smallest absolute Gasteiger partial charge is 0.135 e. The van der Waals surface area contributed by atoms with Crippen LogP contribution >= 0.6 is 15.9 Å². The standard InChI is InChI=1S/C15H26BrNO/c1-4-7-12(8-5-2)14(17-10-6-3)15-13(16)9-11-18-15/h9,11-12,14,17H,4-8,10H2,1-3H3. The Morgan fingerprint density at radius 1 is 1.17 bits per heavy atom. The van der Waals surface area contributed by atoms with E-state index in [0.29, 0.717) is 12.0 Å². The molecule has 0 bridgehead atoms. The van der Waals surface area contributed by atoms with E-state index in [2.05, 4.69) is 42.0 Å². The Hall–Kier alpha value is -0.280. The summed E-state index contributed by atoms with van der Waals surface area (Å²) in [5.41, 5.74) is 0.